The Bertz CT molecular complexity index is 377. The second-order valence-corrected chi connectivity index (χ2v) is 6.83. The van der Waals surface area contributed by atoms with Crippen LogP contribution in [0.1, 0.15) is 40.5 Å². The number of ether oxygens (including phenoxy) is 1. The third kappa shape index (κ3) is 5.53. The molecule has 6 heteroatoms. The molecule has 0 saturated carbocycles. The van der Waals surface area contributed by atoms with E-state index in [0.29, 0.717) is 6.54 Å². The minimum Gasteiger partial charge on any atom is -0.444 e. The Balaban J connectivity index is 2.51. The van der Waals surface area contributed by atoms with Gasteiger partial charge >= 0.3 is 6.09 Å². The molecule has 0 aliphatic carbocycles. The number of nitrogens with zero attached hydrogens (tertiary/aromatic N) is 2. The van der Waals surface area contributed by atoms with Gasteiger partial charge in [-0.15, -0.1) is 0 Å². The number of hydrogen-bond donors (Lipinski definition) is 1. The number of likely N-dealkylation sites (tertiary alicyclic amines) is 1. The van der Waals surface area contributed by atoms with Crippen LogP contribution >= 0.6 is 0 Å². The molecule has 1 heterocycles. The molecule has 1 N–H and O–H groups in total. The van der Waals surface area contributed by atoms with Gasteiger partial charge in [-0.25, -0.2) is 4.79 Å². The molecule has 0 spiro atoms. The van der Waals surface area contributed by atoms with E-state index in [1.165, 1.54) is 0 Å². The summed E-state index contributed by atoms with van der Waals surface area (Å²) in [5, 5.41) is 3.21. The lowest BCUT2D eigenvalue weighted by Crippen LogP contribution is -2.48. The highest BCUT2D eigenvalue weighted by Crippen LogP contribution is 2.20. The van der Waals surface area contributed by atoms with Crippen molar-refractivity contribution in [3.8, 4) is 0 Å². The van der Waals surface area contributed by atoms with Crippen molar-refractivity contribution in [2.75, 3.05) is 27.2 Å². The van der Waals surface area contributed by atoms with Gasteiger partial charge in [-0.3, -0.25) is 4.79 Å². The molecule has 2 amide bonds. The molecule has 0 aromatic rings. The summed E-state index contributed by atoms with van der Waals surface area (Å²) >= 11 is 0. The van der Waals surface area contributed by atoms with Gasteiger partial charge in [0.1, 0.15) is 5.60 Å². The van der Waals surface area contributed by atoms with Crippen LogP contribution in [-0.4, -0.2) is 66.7 Å². The Morgan fingerprint density at radius 1 is 1.38 bits per heavy atom. The minimum absolute atomic E-state index is 0.0387. The lowest BCUT2D eigenvalue weighted by Gasteiger charge is -2.29. The summed E-state index contributed by atoms with van der Waals surface area (Å²) in [6.45, 7) is 8.77. The van der Waals surface area contributed by atoms with Gasteiger partial charge in [0.25, 0.3) is 0 Å². The van der Waals surface area contributed by atoms with Gasteiger partial charge in [-0.05, 0) is 40.5 Å². The van der Waals surface area contributed by atoms with Crippen LogP contribution in [0.25, 0.3) is 0 Å². The number of rotatable bonds is 4. The van der Waals surface area contributed by atoms with E-state index in [9.17, 15) is 9.59 Å². The summed E-state index contributed by atoms with van der Waals surface area (Å²) in [4.78, 5) is 27.3. The second kappa shape index (κ2) is 7.11. The zero-order valence-electron chi connectivity index (χ0n) is 14.1. The molecule has 122 valence electrons. The van der Waals surface area contributed by atoms with E-state index >= 15 is 0 Å². The van der Waals surface area contributed by atoms with Crippen LogP contribution in [0.15, 0.2) is 0 Å². The van der Waals surface area contributed by atoms with Crippen molar-refractivity contribution in [3.05, 3.63) is 0 Å². The first kappa shape index (κ1) is 17.8. The molecule has 1 rings (SSSR count). The molecule has 1 aliphatic heterocycles. The van der Waals surface area contributed by atoms with Crippen molar-refractivity contribution in [1.29, 1.82) is 0 Å². The normalized spacial score (nSPS) is 20.3. The third-order valence-corrected chi connectivity index (χ3v) is 3.48. The third-order valence-electron chi connectivity index (χ3n) is 3.48. The number of nitrogens with one attached hydrogen (secondary N) is 1. The van der Waals surface area contributed by atoms with E-state index in [2.05, 4.69) is 5.32 Å². The minimum atomic E-state index is -0.480. The van der Waals surface area contributed by atoms with Gasteiger partial charge in [0.15, 0.2) is 0 Å². The van der Waals surface area contributed by atoms with Gasteiger partial charge in [-0.2, -0.15) is 0 Å². The molecule has 6 nitrogen and oxygen atoms in total. The van der Waals surface area contributed by atoms with Gasteiger partial charge in [0, 0.05) is 33.2 Å². The Morgan fingerprint density at radius 3 is 2.52 bits per heavy atom. The predicted molar refractivity (Wildman–Crippen MR) is 82.1 cm³/mol. The second-order valence-electron chi connectivity index (χ2n) is 6.83. The fourth-order valence-electron chi connectivity index (χ4n) is 2.40. The standard InChI is InChI=1S/C15H29N3O3/c1-11(13(19)17(5)6)16-10-12-8-7-9-18(12)14(20)21-15(2,3)4/h11-12,16H,7-10H2,1-6H3. The van der Waals surface area contributed by atoms with Crippen molar-refractivity contribution >= 4 is 12.0 Å². The van der Waals surface area contributed by atoms with Crippen molar-refractivity contribution < 1.29 is 14.3 Å². The molecule has 0 aromatic carbocycles. The lowest BCUT2D eigenvalue weighted by molar-refractivity contribution is -0.130. The monoisotopic (exact) mass is 299 g/mol. The molecule has 2 unspecified atom stereocenters. The Kier molecular flexibility index (Phi) is 6.01. The molecule has 0 aromatic heterocycles. The van der Waals surface area contributed by atoms with E-state index in [4.69, 9.17) is 4.74 Å². The molecule has 0 radical (unpaired) electrons. The zero-order valence-corrected chi connectivity index (χ0v) is 14.1. The molecule has 21 heavy (non-hydrogen) atoms. The number of carbonyl (C=O) groups excluding carboxylic acids is 2. The zero-order chi connectivity index (χ0) is 16.2. The summed E-state index contributed by atoms with van der Waals surface area (Å²) in [6.07, 6.45) is 1.65. The summed E-state index contributed by atoms with van der Waals surface area (Å²) < 4.78 is 5.43. The SMILES string of the molecule is CC(NCC1CCCN1C(=O)OC(C)(C)C)C(=O)N(C)C. The molecular weight excluding hydrogens is 270 g/mol. The van der Waals surface area contributed by atoms with Gasteiger partial charge < -0.3 is 19.9 Å². The summed E-state index contributed by atoms with van der Waals surface area (Å²) in [7, 11) is 3.48. The molecule has 0 bridgehead atoms. The van der Waals surface area contributed by atoms with E-state index in [-0.39, 0.29) is 24.1 Å². The first-order chi connectivity index (χ1) is 9.61. The highest BCUT2D eigenvalue weighted by Gasteiger charge is 2.32. The number of amides is 2. The lowest BCUT2D eigenvalue weighted by atomic mass is 10.2. The summed E-state index contributed by atoms with van der Waals surface area (Å²) in [5.41, 5.74) is -0.480. The van der Waals surface area contributed by atoms with E-state index in [1.807, 2.05) is 27.7 Å². The Morgan fingerprint density at radius 2 is 2.00 bits per heavy atom. The van der Waals surface area contributed by atoms with E-state index in [1.54, 1.807) is 23.9 Å². The molecule has 2 atom stereocenters. The van der Waals surface area contributed by atoms with Crippen LogP contribution < -0.4 is 5.32 Å². The Hall–Kier alpha value is -1.30. The van der Waals surface area contributed by atoms with Crippen LogP contribution in [0.3, 0.4) is 0 Å². The smallest absolute Gasteiger partial charge is 0.410 e. The van der Waals surface area contributed by atoms with Crippen LogP contribution in [0.2, 0.25) is 0 Å². The maximum Gasteiger partial charge on any atom is 0.410 e. The average molecular weight is 299 g/mol. The van der Waals surface area contributed by atoms with Crippen LogP contribution in [0, 0.1) is 0 Å². The van der Waals surface area contributed by atoms with Gasteiger partial charge in [-0.1, -0.05) is 0 Å². The van der Waals surface area contributed by atoms with Gasteiger partial charge in [0.2, 0.25) is 5.91 Å². The maximum atomic E-state index is 12.2. The molecular formula is C15H29N3O3. The largest absolute Gasteiger partial charge is 0.444 e. The predicted octanol–water partition coefficient (Wildman–Crippen LogP) is 1.45. The van der Waals surface area contributed by atoms with Crippen LogP contribution in [0.4, 0.5) is 4.79 Å². The summed E-state index contributed by atoms with van der Waals surface area (Å²) in [5.74, 6) is 0.0387. The number of likely N-dealkylation sites (N-methyl/N-ethyl adjacent to an activating group) is 1. The molecule has 1 saturated heterocycles. The highest BCUT2D eigenvalue weighted by atomic mass is 16.6. The van der Waals surface area contributed by atoms with Gasteiger partial charge in [0.05, 0.1) is 6.04 Å². The fourth-order valence-corrected chi connectivity index (χ4v) is 2.40. The average Bonchev–Trinajstić information content (AvgIpc) is 2.81. The number of carbonyl (C=O) groups is 2. The van der Waals surface area contributed by atoms with Crippen LogP contribution in [-0.2, 0) is 9.53 Å². The highest BCUT2D eigenvalue weighted by molar-refractivity contribution is 5.80. The number of hydrogen-bond acceptors (Lipinski definition) is 4. The molecule has 1 fully saturated rings. The van der Waals surface area contributed by atoms with Crippen molar-refractivity contribution in [2.45, 2.75) is 58.2 Å². The topological polar surface area (TPSA) is 61.9 Å². The quantitative estimate of drug-likeness (QED) is 0.853. The van der Waals surface area contributed by atoms with Crippen LogP contribution in [0.5, 0.6) is 0 Å². The first-order valence-corrected chi connectivity index (χ1v) is 7.56. The van der Waals surface area contributed by atoms with E-state index < -0.39 is 5.60 Å². The maximum absolute atomic E-state index is 12.2. The van der Waals surface area contributed by atoms with Crippen molar-refractivity contribution in [3.63, 3.8) is 0 Å². The Labute approximate surface area is 127 Å². The fraction of sp³-hybridized carbons (Fsp3) is 0.867. The molecule has 1 aliphatic rings. The first-order valence-electron chi connectivity index (χ1n) is 7.56. The van der Waals surface area contributed by atoms with Crippen molar-refractivity contribution in [1.82, 2.24) is 15.1 Å². The van der Waals surface area contributed by atoms with Crippen molar-refractivity contribution in [2.24, 2.45) is 0 Å². The summed E-state index contributed by atoms with van der Waals surface area (Å²) in [6, 6.07) is -0.154. The van der Waals surface area contributed by atoms with E-state index in [0.717, 1.165) is 19.4 Å².